The van der Waals surface area contributed by atoms with E-state index in [2.05, 4.69) is 103 Å². The van der Waals surface area contributed by atoms with Crippen molar-refractivity contribution in [2.24, 2.45) is 0 Å². The molecular weight excluding hydrogens is 417 g/mol. The van der Waals surface area contributed by atoms with Gasteiger partial charge >= 0.3 is 0 Å². The van der Waals surface area contributed by atoms with Crippen LogP contribution >= 0.6 is 22.6 Å². The van der Waals surface area contributed by atoms with Crippen LogP contribution in [0.5, 0.6) is 0 Å². The Bertz CT molecular complexity index is 1050. The average molecular weight is 435 g/mol. The first-order valence-corrected chi connectivity index (χ1v) is 9.44. The van der Waals surface area contributed by atoms with Crippen LogP contribution in [0.25, 0.3) is 33.3 Å². The first kappa shape index (κ1) is 16.3. The zero-order valence-corrected chi connectivity index (χ0v) is 16.4. The summed E-state index contributed by atoms with van der Waals surface area (Å²) < 4.78 is 1.20. The van der Waals surface area contributed by atoms with Crippen LogP contribution in [-0.4, -0.2) is 4.98 Å². The molecule has 0 aliphatic carbocycles. The first-order valence-electron chi connectivity index (χ1n) is 8.36. The maximum absolute atomic E-state index is 4.98. The van der Waals surface area contributed by atoms with Crippen molar-refractivity contribution in [3.8, 4) is 22.4 Å². The summed E-state index contributed by atoms with van der Waals surface area (Å²) in [5.74, 6) is 0. The van der Waals surface area contributed by atoms with E-state index in [1.54, 1.807) is 0 Å². The molecule has 1 nitrogen and oxygen atoms in total. The number of halogens is 1. The predicted octanol–water partition coefficient (Wildman–Crippen LogP) is 6.79. The maximum Gasteiger partial charge on any atom is 0.0849 e. The molecule has 0 amide bonds. The second-order valence-electron chi connectivity index (χ2n) is 6.40. The van der Waals surface area contributed by atoms with E-state index in [0.29, 0.717) is 0 Å². The Labute approximate surface area is 161 Å². The Morgan fingerprint density at radius 3 is 2.12 bits per heavy atom. The topological polar surface area (TPSA) is 12.9 Å². The lowest BCUT2D eigenvalue weighted by Crippen LogP contribution is -1.96. The molecule has 1 heterocycles. The van der Waals surface area contributed by atoms with Gasteiger partial charge in [0.05, 0.1) is 11.2 Å². The largest absolute Gasteiger partial charge is 0.247 e. The number of hydrogen-bond donors (Lipinski definition) is 0. The molecule has 0 aliphatic rings. The Morgan fingerprint density at radius 1 is 0.720 bits per heavy atom. The molecule has 0 bridgehead atoms. The lowest BCUT2D eigenvalue weighted by Gasteiger charge is -2.15. The van der Waals surface area contributed by atoms with E-state index in [4.69, 9.17) is 4.98 Å². The Hall–Kier alpha value is -2.20. The molecule has 0 unspecified atom stereocenters. The van der Waals surface area contributed by atoms with Gasteiger partial charge in [0.1, 0.15) is 0 Å². The van der Waals surface area contributed by atoms with E-state index in [0.717, 1.165) is 16.8 Å². The summed E-state index contributed by atoms with van der Waals surface area (Å²) in [5, 5.41) is 1.22. The van der Waals surface area contributed by atoms with E-state index < -0.39 is 0 Å². The van der Waals surface area contributed by atoms with E-state index >= 15 is 0 Å². The number of nitrogens with zero attached hydrogens (tertiary/aromatic N) is 1. The fraction of sp³-hybridized carbons (Fsp3) is 0.0870. The van der Waals surface area contributed by atoms with E-state index in [1.165, 1.54) is 31.2 Å². The van der Waals surface area contributed by atoms with Crippen molar-refractivity contribution in [3.63, 3.8) is 0 Å². The summed E-state index contributed by atoms with van der Waals surface area (Å²) in [5.41, 5.74) is 8.29. The molecule has 0 aliphatic heterocycles. The summed E-state index contributed by atoms with van der Waals surface area (Å²) in [4.78, 5) is 4.98. The normalized spacial score (nSPS) is 11.0. The fourth-order valence-electron chi connectivity index (χ4n) is 3.14. The third kappa shape index (κ3) is 3.07. The van der Waals surface area contributed by atoms with Gasteiger partial charge in [-0.25, -0.2) is 4.98 Å². The third-order valence-corrected chi connectivity index (χ3v) is 5.52. The van der Waals surface area contributed by atoms with Crippen molar-refractivity contribution in [2.75, 3.05) is 0 Å². The molecule has 25 heavy (non-hydrogen) atoms. The summed E-state index contributed by atoms with van der Waals surface area (Å²) in [6.45, 7) is 4.26. The second-order valence-corrected chi connectivity index (χ2v) is 7.48. The van der Waals surface area contributed by atoms with Crippen LogP contribution in [0.2, 0.25) is 0 Å². The summed E-state index contributed by atoms with van der Waals surface area (Å²) in [6.07, 6.45) is 0. The van der Waals surface area contributed by atoms with Crippen LogP contribution in [0.1, 0.15) is 11.1 Å². The van der Waals surface area contributed by atoms with Gasteiger partial charge in [0, 0.05) is 20.1 Å². The third-order valence-electron chi connectivity index (χ3n) is 4.47. The van der Waals surface area contributed by atoms with E-state index in [9.17, 15) is 0 Å². The Kier molecular flexibility index (Phi) is 4.30. The molecule has 0 saturated heterocycles. The predicted molar refractivity (Wildman–Crippen MR) is 115 cm³/mol. The van der Waals surface area contributed by atoms with Gasteiger partial charge in [0.15, 0.2) is 0 Å². The number of pyridine rings is 1. The van der Waals surface area contributed by atoms with Crippen molar-refractivity contribution < 1.29 is 0 Å². The number of rotatable bonds is 2. The van der Waals surface area contributed by atoms with Gasteiger partial charge in [0.25, 0.3) is 0 Å². The second kappa shape index (κ2) is 6.60. The molecule has 122 valence electrons. The minimum absolute atomic E-state index is 1.04. The molecule has 0 spiro atoms. The van der Waals surface area contributed by atoms with Crippen molar-refractivity contribution >= 4 is 33.5 Å². The van der Waals surface area contributed by atoms with Crippen molar-refractivity contribution in [3.05, 3.63) is 87.5 Å². The molecule has 4 rings (SSSR count). The molecule has 0 atom stereocenters. The summed E-state index contributed by atoms with van der Waals surface area (Å²) in [6, 6.07) is 25.7. The van der Waals surface area contributed by atoms with Crippen LogP contribution < -0.4 is 0 Å². The lowest BCUT2D eigenvalue weighted by molar-refractivity contribution is 1.36. The highest BCUT2D eigenvalue weighted by molar-refractivity contribution is 14.1. The number of fused-ring (bicyclic) bond motifs is 1. The van der Waals surface area contributed by atoms with Gasteiger partial charge in [-0.3, -0.25) is 0 Å². The van der Waals surface area contributed by atoms with Gasteiger partial charge in [-0.05, 0) is 54.1 Å². The monoisotopic (exact) mass is 435 g/mol. The standard InChI is InChI=1S/C23H18IN/c1-15-8-11-17(12-9-15)21-19-14-16(2)10-13-20(19)25-23(22(21)24)18-6-4-3-5-7-18/h3-14H,1-2H3. The molecule has 3 aromatic carbocycles. The van der Waals surface area contributed by atoms with E-state index in [-0.39, 0.29) is 0 Å². The van der Waals surface area contributed by atoms with Crippen molar-refractivity contribution in [1.29, 1.82) is 0 Å². The minimum Gasteiger partial charge on any atom is -0.247 e. The van der Waals surface area contributed by atoms with Crippen LogP contribution in [0, 0.1) is 17.4 Å². The smallest absolute Gasteiger partial charge is 0.0849 e. The molecule has 0 saturated carbocycles. The average Bonchev–Trinajstić information content (AvgIpc) is 2.63. The van der Waals surface area contributed by atoms with Gasteiger partial charge in [-0.2, -0.15) is 0 Å². The SMILES string of the molecule is Cc1ccc(-c2c(I)c(-c3ccccc3)nc3ccc(C)cc23)cc1. The number of hydrogen-bond acceptors (Lipinski definition) is 1. The molecule has 0 fully saturated rings. The van der Waals surface area contributed by atoms with Gasteiger partial charge in [-0.1, -0.05) is 71.8 Å². The number of aryl methyl sites for hydroxylation is 2. The van der Waals surface area contributed by atoms with Gasteiger partial charge < -0.3 is 0 Å². The molecule has 0 N–H and O–H groups in total. The van der Waals surface area contributed by atoms with Gasteiger partial charge in [-0.15, -0.1) is 0 Å². The van der Waals surface area contributed by atoms with Crippen LogP contribution in [0.3, 0.4) is 0 Å². The fourth-order valence-corrected chi connectivity index (χ4v) is 4.18. The molecule has 4 aromatic rings. The van der Waals surface area contributed by atoms with Crippen molar-refractivity contribution in [1.82, 2.24) is 4.98 Å². The molecular formula is C23H18IN. The highest BCUT2D eigenvalue weighted by atomic mass is 127. The highest BCUT2D eigenvalue weighted by Gasteiger charge is 2.16. The van der Waals surface area contributed by atoms with Gasteiger partial charge in [0.2, 0.25) is 0 Å². The lowest BCUT2D eigenvalue weighted by atomic mass is 9.96. The Morgan fingerprint density at radius 2 is 1.40 bits per heavy atom. The van der Waals surface area contributed by atoms with Crippen LogP contribution in [0.4, 0.5) is 0 Å². The Balaban J connectivity index is 2.09. The zero-order valence-electron chi connectivity index (χ0n) is 14.3. The first-order chi connectivity index (χ1) is 12.1. The molecule has 0 radical (unpaired) electrons. The summed E-state index contributed by atoms with van der Waals surface area (Å²) in [7, 11) is 0. The number of aromatic nitrogens is 1. The maximum atomic E-state index is 4.98. The zero-order chi connectivity index (χ0) is 17.4. The van der Waals surface area contributed by atoms with Crippen LogP contribution in [-0.2, 0) is 0 Å². The molecule has 2 heteroatoms. The quantitative estimate of drug-likeness (QED) is 0.316. The van der Waals surface area contributed by atoms with E-state index in [1.807, 2.05) is 6.07 Å². The molecule has 1 aromatic heterocycles. The highest BCUT2D eigenvalue weighted by Crippen LogP contribution is 2.38. The number of benzene rings is 3. The summed E-state index contributed by atoms with van der Waals surface area (Å²) >= 11 is 2.45. The minimum atomic E-state index is 1.04. The van der Waals surface area contributed by atoms with Crippen LogP contribution in [0.15, 0.2) is 72.8 Å². The van der Waals surface area contributed by atoms with Crippen molar-refractivity contribution in [2.45, 2.75) is 13.8 Å².